The van der Waals surface area contributed by atoms with Crippen molar-refractivity contribution in [3.05, 3.63) is 17.7 Å². The lowest BCUT2D eigenvalue weighted by atomic mass is 10.1. The number of aliphatic hydroxyl groups excluding tert-OH is 1. The molecule has 0 atom stereocenters. The summed E-state index contributed by atoms with van der Waals surface area (Å²) in [4.78, 5) is 7.89. The van der Waals surface area contributed by atoms with Gasteiger partial charge in [-0.15, -0.1) is 0 Å². The summed E-state index contributed by atoms with van der Waals surface area (Å²) < 4.78 is 0. The minimum absolute atomic E-state index is 0.00312. The van der Waals surface area contributed by atoms with Crippen molar-refractivity contribution in [2.75, 3.05) is 6.61 Å². The van der Waals surface area contributed by atoms with Gasteiger partial charge in [-0.25, -0.2) is 4.98 Å². The van der Waals surface area contributed by atoms with Gasteiger partial charge in [0.15, 0.2) is 0 Å². The van der Waals surface area contributed by atoms with Gasteiger partial charge in [-0.3, -0.25) is 0 Å². The van der Waals surface area contributed by atoms with Crippen molar-refractivity contribution >= 4 is 0 Å². The predicted octanol–water partition coefficient (Wildman–Crippen LogP) is 2.09. The van der Waals surface area contributed by atoms with E-state index in [2.05, 4.69) is 9.97 Å². The molecule has 2 saturated carbocycles. The molecule has 1 heterocycles. The van der Waals surface area contributed by atoms with Crippen LogP contribution in [-0.4, -0.2) is 21.7 Å². The topological polar surface area (TPSA) is 48.9 Å². The Morgan fingerprint density at radius 3 is 2.73 bits per heavy atom. The van der Waals surface area contributed by atoms with Crippen LogP contribution in [0.5, 0.6) is 0 Å². The van der Waals surface area contributed by atoms with E-state index in [1.54, 1.807) is 0 Å². The molecule has 2 aliphatic carbocycles. The Hall–Kier alpha value is -0.830. The Labute approximate surface area is 89.9 Å². The minimum atomic E-state index is -0.00312. The van der Waals surface area contributed by atoms with Gasteiger partial charge < -0.3 is 10.1 Å². The van der Waals surface area contributed by atoms with E-state index in [1.807, 2.05) is 6.20 Å². The van der Waals surface area contributed by atoms with E-state index < -0.39 is 0 Å². The van der Waals surface area contributed by atoms with Crippen molar-refractivity contribution in [1.29, 1.82) is 0 Å². The molecule has 2 N–H and O–H groups in total. The van der Waals surface area contributed by atoms with Crippen molar-refractivity contribution in [2.45, 2.75) is 49.9 Å². The largest absolute Gasteiger partial charge is 0.395 e. The lowest BCUT2D eigenvalue weighted by molar-refractivity contribution is 0.250. The average molecular weight is 206 g/mol. The van der Waals surface area contributed by atoms with Crippen LogP contribution in [0.4, 0.5) is 0 Å². The number of nitrogens with one attached hydrogen (secondary N) is 1. The molecular formula is C12H18N2O. The van der Waals surface area contributed by atoms with Crippen LogP contribution in [0.1, 0.15) is 56.0 Å². The minimum Gasteiger partial charge on any atom is -0.395 e. The molecule has 0 radical (unpaired) electrons. The van der Waals surface area contributed by atoms with Gasteiger partial charge in [-0.2, -0.15) is 0 Å². The quantitative estimate of drug-likeness (QED) is 0.795. The van der Waals surface area contributed by atoms with Gasteiger partial charge in [0, 0.05) is 17.8 Å². The third-order valence-corrected chi connectivity index (χ3v) is 4.05. The van der Waals surface area contributed by atoms with E-state index in [0.717, 1.165) is 18.7 Å². The highest BCUT2D eigenvalue weighted by molar-refractivity contribution is 5.21. The molecule has 0 aliphatic heterocycles. The summed E-state index contributed by atoms with van der Waals surface area (Å²) in [6, 6.07) is 0. The molecule has 15 heavy (non-hydrogen) atoms. The first-order valence-electron chi connectivity index (χ1n) is 6.00. The molecule has 2 fully saturated rings. The fraction of sp³-hybridized carbons (Fsp3) is 0.750. The smallest absolute Gasteiger partial charge is 0.114 e. The molecule has 0 aromatic carbocycles. The number of H-pyrrole nitrogens is 1. The summed E-state index contributed by atoms with van der Waals surface area (Å²) in [6.45, 7) is 0.241. The van der Waals surface area contributed by atoms with Crippen LogP contribution in [0.25, 0.3) is 0 Å². The van der Waals surface area contributed by atoms with Crippen LogP contribution in [0, 0.1) is 0 Å². The Kier molecular flexibility index (Phi) is 2.09. The third kappa shape index (κ3) is 1.49. The van der Waals surface area contributed by atoms with E-state index in [-0.39, 0.29) is 12.0 Å². The summed E-state index contributed by atoms with van der Waals surface area (Å²) in [5, 5.41) is 9.32. The highest BCUT2D eigenvalue weighted by Gasteiger charge is 2.46. The SMILES string of the molecule is OCC1(c2ncc(C3CCCC3)[nH]2)CC1. The molecule has 0 unspecified atom stereocenters. The van der Waals surface area contributed by atoms with Crippen molar-refractivity contribution < 1.29 is 5.11 Å². The normalized spacial score (nSPS) is 24.6. The molecular weight excluding hydrogens is 188 g/mol. The lowest BCUT2D eigenvalue weighted by Crippen LogP contribution is -2.14. The molecule has 0 saturated heterocycles. The van der Waals surface area contributed by atoms with Crippen molar-refractivity contribution in [1.82, 2.24) is 9.97 Å². The number of aromatic amines is 1. The number of aromatic nitrogens is 2. The molecule has 3 heteroatoms. The molecule has 1 aromatic rings. The lowest BCUT2D eigenvalue weighted by Gasteiger charge is -2.08. The first-order valence-corrected chi connectivity index (χ1v) is 6.00. The second-order valence-corrected chi connectivity index (χ2v) is 5.11. The standard InChI is InChI=1S/C12H18N2O/c15-8-12(5-6-12)11-13-7-10(14-11)9-3-1-2-4-9/h7,9,15H,1-6,8H2,(H,13,14). The fourth-order valence-corrected chi connectivity index (χ4v) is 2.67. The maximum atomic E-state index is 9.32. The fourth-order valence-electron chi connectivity index (χ4n) is 2.67. The van der Waals surface area contributed by atoms with Crippen LogP contribution in [-0.2, 0) is 5.41 Å². The number of hydrogen-bond donors (Lipinski definition) is 2. The van der Waals surface area contributed by atoms with Gasteiger partial charge in [0.2, 0.25) is 0 Å². The number of rotatable bonds is 3. The van der Waals surface area contributed by atoms with E-state index in [0.29, 0.717) is 5.92 Å². The van der Waals surface area contributed by atoms with Crippen molar-refractivity contribution in [3.63, 3.8) is 0 Å². The molecule has 3 nitrogen and oxygen atoms in total. The molecule has 1 aromatic heterocycles. The third-order valence-electron chi connectivity index (χ3n) is 4.05. The second-order valence-electron chi connectivity index (χ2n) is 5.11. The van der Waals surface area contributed by atoms with Gasteiger partial charge in [-0.1, -0.05) is 12.8 Å². The predicted molar refractivity (Wildman–Crippen MR) is 57.8 cm³/mol. The van der Waals surface area contributed by atoms with Gasteiger partial charge >= 0.3 is 0 Å². The van der Waals surface area contributed by atoms with Gasteiger partial charge in [0.1, 0.15) is 5.82 Å². The number of aliphatic hydroxyl groups is 1. The van der Waals surface area contributed by atoms with E-state index in [1.165, 1.54) is 31.4 Å². The summed E-state index contributed by atoms with van der Waals surface area (Å²) in [6.07, 6.45) is 9.46. The second kappa shape index (κ2) is 3.34. The monoisotopic (exact) mass is 206 g/mol. The van der Waals surface area contributed by atoms with E-state index in [4.69, 9.17) is 0 Å². The van der Waals surface area contributed by atoms with E-state index >= 15 is 0 Å². The van der Waals surface area contributed by atoms with Crippen LogP contribution < -0.4 is 0 Å². The van der Waals surface area contributed by atoms with Gasteiger partial charge in [0.05, 0.1) is 12.0 Å². The highest BCUT2D eigenvalue weighted by atomic mass is 16.3. The van der Waals surface area contributed by atoms with Crippen LogP contribution >= 0.6 is 0 Å². The molecule has 0 spiro atoms. The zero-order chi connectivity index (χ0) is 10.3. The number of hydrogen-bond acceptors (Lipinski definition) is 2. The molecule has 3 rings (SSSR count). The van der Waals surface area contributed by atoms with Gasteiger partial charge in [0.25, 0.3) is 0 Å². The summed E-state index contributed by atoms with van der Waals surface area (Å²) in [5.41, 5.74) is 1.29. The van der Waals surface area contributed by atoms with Crippen molar-refractivity contribution in [3.8, 4) is 0 Å². The Morgan fingerprint density at radius 2 is 2.13 bits per heavy atom. The zero-order valence-electron chi connectivity index (χ0n) is 9.00. The summed E-state index contributed by atoms with van der Waals surface area (Å²) in [5.74, 6) is 1.72. The number of nitrogens with zero attached hydrogens (tertiary/aromatic N) is 1. The average Bonchev–Trinajstić information content (AvgIpc) is 2.74. The molecule has 82 valence electrons. The molecule has 0 bridgehead atoms. The number of imidazole rings is 1. The first-order chi connectivity index (χ1) is 7.34. The summed E-state index contributed by atoms with van der Waals surface area (Å²) in [7, 11) is 0. The zero-order valence-corrected chi connectivity index (χ0v) is 9.00. The van der Waals surface area contributed by atoms with Crippen LogP contribution in [0.15, 0.2) is 6.20 Å². The van der Waals surface area contributed by atoms with Crippen LogP contribution in [0.2, 0.25) is 0 Å². The molecule has 2 aliphatic rings. The Morgan fingerprint density at radius 1 is 1.40 bits per heavy atom. The van der Waals surface area contributed by atoms with Crippen molar-refractivity contribution in [2.24, 2.45) is 0 Å². The van der Waals surface area contributed by atoms with Crippen LogP contribution in [0.3, 0.4) is 0 Å². The van der Waals surface area contributed by atoms with Gasteiger partial charge in [-0.05, 0) is 25.7 Å². The maximum absolute atomic E-state index is 9.32. The summed E-state index contributed by atoms with van der Waals surface area (Å²) >= 11 is 0. The maximum Gasteiger partial charge on any atom is 0.114 e. The first kappa shape index (κ1) is 9.40. The Bertz CT molecular complexity index is 348. The van der Waals surface area contributed by atoms with E-state index in [9.17, 15) is 5.11 Å². The molecule has 0 amide bonds. The highest BCUT2D eigenvalue weighted by Crippen LogP contribution is 2.46. The Balaban J connectivity index is 1.81.